The number of aryl methyl sites for hydroxylation is 1. The molecule has 1 fully saturated rings. The topological polar surface area (TPSA) is 24.5 Å². The molecule has 0 radical (unpaired) electrons. The maximum Gasteiger partial charge on any atom is 0.123 e. The van der Waals surface area contributed by atoms with E-state index in [0.29, 0.717) is 0 Å². The van der Waals surface area contributed by atoms with Crippen molar-refractivity contribution in [1.29, 1.82) is 0 Å². The van der Waals surface area contributed by atoms with E-state index in [9.17, 15) is 0 Å². The summed E-state index contributed by atoms with van der Waals surface area (Å²) in [6.45, 7) is 7.48. The second-order valence-corrected chi connectivity index (χ2v) is 5.08. The Labute approximate surface area is 104 Å². The second-order valence-electron chi connectivity index (χ2n) is 5.08. The van der Waals surface area contributed by atoms with Gasteiger partial charge in [-0.2, -0.15) is 0 Å². The zero-order chi connectivity index (χ0) is 12.5. The van der Waals surface area contributed by atoms with Gasteiger partial charge in [0.1, 0.15) is 5.75 Å². The first-order chi connectivity index (χ1) is 8.08. The van der Waals surface area contributed by atoms with E-state index >= 15 is 0 Å². The molecule has 0 aromatic heterocycles. The Bertz CT molecular complexity index is 405. The molecule has 3 nitrogen and oxygen atoms in total. The van der Waals surface area contributed by atoms with Gasteiger partial charge in [0.25, 0.3) is 0 Å². The fraction of sp³-hybridized carbons (Fsp3) is 0.571. The largest absolute Gasteiger partial charge is 0.496 e. The van der Waals surface area contributed by atoms with Gasteiger partial charge in [0.15, 0.2) is 0 Å². The summed E-state index contributed by atoms with van der Waals surface area (Å²) in [5.41, 5.74) is 2.56. The van der Waals surface area contributed by atoms with Crippen molar-refractivity contribution in [1.82, 2.24) is 10.2 Å². The van der Waals surface area contributed by atoms with E-state index < -0.39 is 0 Å². The Hall–Kier alpha value is -1.06. The minimum Gasteiger partial charge on any atom is -0.496 e. The molecular formula is C14H22N2O. The van der Waals surface area contributed by atoms with Crippen molar-refractivity contribution in [3.63, 3.8) is 0 Å². The van der Waals surface area contributed by atoms with Crippen LogP contribution in [-0.4, -0.2) is 38.7 Å². The molecule has 0 spiro atoms. The number of piperazine rings is 1. The van der Waals surface area contributed by atoms with Gasteiger partial charge < -0.3 is 10.1 Å². The molecule has 1 aromatic carbocycles. The lowest BCUT2D eigenvalue weighted by Crippen LogP contribution is -2.55. The number of ether oxygens (including phenoxy) is 1. The summed E-state index contributed by atoms with van der Waals surface area (Å²) in [5, 5.41) is 3.48. The van der Waals surface area contributed by atoms with Crippen molar-refractivity contribution in [3.8, 4) is 5.75 Å². The monoisotopic (exact) mass is 234 g/mol. The highest BCUT2D eigenvalue weighted by molar-refractivity contribution is 5.42. The number of benzene rings is 1. The molecule has 0 bridgehead atoms. The van der Waals surface area contributed by atoms with E-state index in [0.717, 1.165) is 25.4 Å². The highest BCUT2D eigenvalue weighted by atomic mass is 16.5. The number of hydrogen-bond donors (Lipinski definition) is 1. The normalized spacial score (nSPS) is 25.9. The van der Waals surface area contributed by atoms with Crippen LogP contribution in [0.2, 0.25) is 0 Å². The molecular weight excluding hydrogens is 212 g/mol. The van der Waals surface area contributed by atoms with Crippen molar-refractivity contribution < 1.29 is 4.74 Å². The molecule has 1 N–H and O–H groups in total. The predicted octanol–water partition coefficient (Wildman–Crippen LogP) is 1.75. The third-order valence-corrected chi connectivity index (χ3v) is 3.87. The van der Waals surface area contributed by atoms with Crippen molar-refractivity contribution in [2.75, 3.05) is 33.8 Å². The van der Waals surface area contributed by atoms with E-state index in [4.69, 9.17) is 4.74 Å². The summed E-state index contributed by atoms with van der Waals surface area (Å²) >= 11 is 0. The molecule has 17 heavy (non-hydrogen) atoms. The van der Waals surface area contributed by atoms with Crippen LogP contribution in [0.4, 0.5) is 0 Å². The van der Waals surface area contributed by atoms with Gasteiger partial charge in [0.2, 0.25) is 0 Å². The van der Waals surface area contributed by atoms with Crippen LogP contribution >= 0.6 is 0 Å². The van der Waals surface area contributed by atoms with E-state index in [-0.39, 0.29) is 5.54 Å². The van der Waals surface area contributed by atoms with Crippen LogP contribution in [-0.2, 0) is 5.54 Å². The van der Waals surface area contributed by atoms with Gasteiger partial charge in [-0.1, -0.05) is 17.7 Å². The number of likely N-dealkylation sites (N-methyl/N-ethyl adjacent to an activating group) is 1. The zero-order valence-corrected chi connectivity index (χ0v) is 11.2. The van der Waals surface area contributed by atoms with Crippen LogP contribution in [0, 0.1) is 6.92 Å². The van der Waals surface area contributed by atoms with Gasteiger partial charge in [-0.05, 0) is 27.0 Å². The quantitative estimate of drug-likeness (QED) is 0.844. The van der Waals surface area contributed by atoms with Crippen molar-refractivity contribution >= 4 is 0 Å². The summed E-state index contributed by atoms with van der Waals surface area (Å²) in [5.74, 6) is 0.980. The van der Waals surface area contributed by atoms with Gasteiger partial charge in [0, 0.05) is 25.2 Å². The summed E-state index contributed by atoms with van der Waals surface area (Å²) in [6.07, 6.45) is 0. The van der Waals surface area contributed by atoms with Gasteiger partial charge in [0.05, 0.1) is 12.6 Å². The van der Waals surface area contributed by atoms with Gasteiger partial charge in [-0.25, -0.2) is 0 Å². The third kappa shape index (κ3) is 2.17. The number of methoxy groups -OCH3 is 1. The van der Waals surface area contributed by atoms with Crippen LogP contribution in [0.5, 0.6) is 5.75 Å². The molecule has 1 aromatic rings. The third-order valence-electron chi connectivity index (χ3n) is 3.87. The maximum absolute atomic E-state index is 5.51. The number of hydrogen-bond acceptors (Lipinski definition) is 3. The van der Waals surface area contributed by atoms with Gasteiger partial charge in [-0.3, -0.25) is 4.90 Å². The van der Waals surface area contributed by atoms with E-state index in [1.807, 2.05) is 0 Å². The molecule has 2 rings (SSSR count). The molecule has 94 valence electrons. The van der Waals surface area contributed by atoms with Crippen molar-refractivity contribution in [2.45, 2.75) is 19.4 Å². The molecule has 0 saturated carbocycles. The summed E-state index contributed by atoms with van der Waals surface area (Å²) < 4.78 is 5.51. The molecule has 0 amide bonds. The SMILES string of the molecule is COc1ccc(C)cc1C1(C)CNCCN1C. The van der Waals surface area contributed by atoms with Gasteiger partial charge >= 0.3 is 0 Å². The fourth-order valence-corrected chi connectivity index (χ4v) is 2.50. The second kappa shape index (κ2) is 4.67. The Morgan fingerprint density at radius 3 is 2.82 bits per heavy atom. The average Bonchev–Trinajstić information content (AvgIpc) is 2.33. The van der Waals surface area contributed by atoms with Gasteiger partial charge in [-0.15, -0.1) is 0 Å². The van der Waals surface area contributed by atoms with Crippen molar-refractivity contribution in [2.24, 2.45) is 0 Å². The van der Waals surface area contributed by atoms with Crippen LogP contribution in [0.1, 0.15) is 18.1 Å². The molecule has 1 saturated heterocycles. The Kier molecular flexibility index (Phi) is 3.40. The number of nitrogens with zero attached hydrogens (tertiary/aromatic N) is 1. The standard InChI is InChI=1S/C14H22N2O/c1-11-5-6-13(17-4)12(9-11)14(2)10-15-7-8-16(14)3/h5-6,9,15H,7-8,10H2,1-4H3. The molecule has 1 aliphatic heterocycles. The van der Waals surface area contributed by atoms with Crippen molar-refractivity contribution in [3.05, 3.63) is 29.3 Å². The predicted molar refractivity (Wildman–Crippen MR) is 70.6 cm³/mol. The van der Waals surface area contributed by atoms with E-state index in [1.165, 1.54) is 11.1 Å². The average molecular weight is 234 g/mol. The van der Waals surface area contributed by atoms with Crippen LogP contribution in [0.15, 0.2) is 18.2 Å². The van der Waals surface area contributed by atoms with Crippen LogP contribution in [0.3, 0.4) is 0 Å². The molecule has 1 aliphatic rings. The minimum atomic E-state index is 0.00954. The molecule has 3 heteroatoms. The summed E-state index contributed by atoms with van der Waals surface area (Å²) in [4.78, 5) is 2.40. The van der Waals surface area contributed by atoms with Crippen LogP contribution in [0.25, 0.3) is 0 Å². The first-order valence-electron chi connectivity index (χ1n) is 6.15. The molecule has 0 aliphatic carbocycles. The first-order valence-corrected chi connectivity index (χ1v) is 6.15. The minimum absolute atomic E-state index is 0.00954. The lowest BCUT2D eigenvalue weighted by atomic mass is 9.87. The number of rotatable bonds is 2. The fourth-order valence-electron chi connectivity index (χ4n) is 2.50. The lowest BCUT2D eigenvalue weighted by Gasteiger charge is -2.44. The molecule has 1 unspecified atom stereocenters. The summed E-state index contributed by atoms with van der Waals surface area (Å²) in [6, 6.07) is 6.41. The summed E-state index contributed by atoms with van der Waals surface area (Å²) in [7, 11) is 3.93. The van der Waals surface area contributed by atoms with E-state index in [1.54, 1.807) is 7.11 Å². The van der Waals surface area contributed by atoms with E-state index in [2.05, 4.69) is 49.3 Å². The first kappa shape index (κ1) is 12.4. The molecule has 1 atom stereocenters. The zero-order valence-electron chi connectivity index (χ0n) is 11.2. The maximum atomic E-state index is 5.51. The highest BCUT2D eigenvalue weighted by Crippen LogP contribution is 2.35. The number of nitrogens with one attached hydrogen (secondary N) is 1. The molecule has 1 heterocycles. The lowest BCUT2D eigenvalue weighted by molar-refractivity contribution is 0.101. The Morgan fingerprint density at radius 2 is 2.18 bits per heavy atom. The Balaban J connectivity index is 2.46. The smallest absolute Gasteiger partial charge is 0.123 e. The van der Waals surface area contributed by atoms with Crippen LogP contribution < -0.4 is 10.1 Å². The Morgan fingerprint density at radius 1 is 1.41 bits per heavy atom. The highest BCUT2D eigenvalue weighted by Gasteiger charge is 2.35.